The lowest BCUT2D eigenvalue weighted by atomic mass is 10.1. The number of nitriles is 1. The minimum absolute atomic E-state index is 0.447. The average Bonchev–Trinajstić information content (AvgIpc) is 2.42. The third kappa shape index (κ3) is 3.33. The monoisotopic (exact) mass is 315 g/mol. The highest BCUT2D eigenvalue weighted by Gasteiger charge is 2.02. The molecule has 0 fully saturated rings. The van der Waals surface area contributed by atoms with Crippen LogP contribution in [0.25, 0.3) is 0 Å². The van der Waals surface area contributed by atoms with Crippen LogP contribution < -0.4 is 5.32 Å². The number of aromatic nitrogens is 1. The van der Waals surface area contributed by atoms with Crippen LogP contribution in [0, 0.1) is 25.2 Å². The summed E-state index contributed by atoms with van der Waals surface area (Å²) in [6.07, 6.45) is 1.66. The molecule has 19 heavy (non-hydrogen) atoms. The van der Waals surface area contributed by atoms with Crippen LogP contribution in [0.2, 0.25) is 0 Å². The summed E-state index contributed by atoms with van der Waals surface area (Å²) in [5, 5.41) is 12.2. The van der Waals surface area contributed by atoms with Gasteiger partial charge in [0.25, 0.3) is 0 Å². The molecule has 0 unspecified atom stereocenters. The second-order valence-corrected chi connectivity index (χ2v) is 5.23. The molecule has 2 aromatic rings. The number of hydrogen-bond acceptors (Lipinski definition) is 3. The fourth-order valence-corrected chi connectivity index (χ4v) is 2.13. The third-order valence-corrected chi connectivity index (χ3v) is 4.12. The van der Waals surface area contributed by atoms with Gasteiger partial charge in [-0.3, -0.25) is 0 Å². The molecule has 0 spiro atoms. The fourth-order valence-electron chi connectivity index (χ4n) is 1.90. The van der Waals surface area contributed by atoms with Gasteiger partial charge in [0, 0.05) is 22.9 Å². The molecule has 0 saturated carbocycles. The Hall–Kier alpha value is -1.86. The maximum absolute atomic E-state index is 8.81. The summed E-state index contributed by atoms with van der Waals surface area (Å²) in [6, 6.07) is 9.95. The molecule has 0 radical (unpaired) electrons. The number of rotatable bonds is 3. The molecular weight excluding hydrogens is 302 g/mol. The zero-order chi connectivity index (χ0) is 13.8. The predicted molar refractivity (Wildman–Crippen MR) is 79.9 cm³/mol. The van der Waals surface area contributed by atoms with Gasteiger partial charge >= 0.3 is 0 Å². The highest BCUT2D eigenvalue weighted by molar-refractivity contribution is 9.10. The van der Waals surface area contributed by atoms with E-state index in [4.69, 9.17) is 5.26 Å². The lowest BCUT2D eigenvalue weighted by Crippen LogP contribution is -2.01. The number of aryl methyl sites for hydroxylation is 2. The van der Waals surface area contributed by atoms with Gasteiger partial charge in [-0.15, -0.1) is 0 Å². The highest BCUT2D eigenvalue weighted by atomic mass is 79.9. The Kier molecular flexibility index (Phi) is 4.18. The second kappa shape index (κ2) is 5.85. The number of nitrogens with zero attached hydrogens (tertiary/aromatic N) is 2. The molecule has 4 heteroatoms. The molecule has 1 aromatic heterocycles. The summed E-state index contributed by atoms with van der Waals surface area (Å²) in [5.41, 5.74) is 4.98. The lowest BCUT2D eigenvalue weighted by Gasteiger charge is -2.10. The molecule has 0 amide bonds. The molecule has 0 aliphatic rings. The van der Waals surface area contributed by atoms with E-state index < -0.39 is 0 Å². The number of hydrogen-bond donors (Lipinski definition) is 1. The number of halogens is 1. The molecule has 2 rings (SSSR count). The minimum atomic E-state index is 0.447. The molecule has 1 heterocycles. The molecule has 0 aliphatic carbocycles. The molecule has 96 valence electrons. The van der Waals surface area contributed by atoms with Crippen LogP contribution in [0.5, 0.6) is 0 Å². The summed E-state index contributed by atoms with van der Waals surface area (Å²) in [4.78, 5) is 3.96. The zero-order valence-electron chi connectivity index (χ0n) is 10.9. The van der Waals surface area contributed by atoms with E-state index in [2.05, 4.69) is 52.2 Å². The Morgan fingerprint density at radius 3 is 2.58 bits per heavy atom. The van der Waals surface area contributed by atoms with E-state index in [1.54, 1.807) is 12.3 Å². The standard InChI is InChI=1S/C15H14BrN3/c1-10-5-13(6-11(2)15(10)16)19-9-12-3-4-18-14(7-12)8-17/h3-7,19H,9H2,1-2H3. The van der Waals surface area contributed by atoms with Crippen LogP contribution in [0.4, 0.5) is 5.69 Å². The van der Waals surface area contributed by atoms with Crippen molar-refractivity contribution in [1.29, 1.82) is 5.26 Å². The minimum Gasteiger partial charge on any atom is -0.381 e. The lowest BCUT2D eigenvalue weighted by molar-refractivity contribution is 1.11. The van der Waals surface area contributed by atoms with Crippen molar-refractivity contribution in [3.63, 3.8) is 0 Å². The van der Waals surface area contributed by atoms with Crippen molar-refractivity contribution in [3.8, 4) is 6.07 Å². The van der Waals surface area contributed by atoms with Gasteiger partial charge in [-0.1, -0.05) is 15.9 Å². The van der Waals surface area contributed by atoms with Crippen molar-refractivity contribution in [2.45, 2.75) is 20.4 Å². The third-order valence-electron chi connectivity index (χ3n) is 2.87. The Morgan fingerprint density at radius 2 is 1.95 bits per heavy atom. The Bertz CT molecular complexity index is 621. The van der Waals surface area contributed by atoms with Crippen molar-refractivity contribution in [3.05, 3.63) is 57.3 Å². The average molecular weight is 316 g/mol. The van der Waals surface area contributed by atoms with E-state index in [9.17, 15) is 0 Å². The first-order valence-corrected chi connectivity index (χ1v) is 6.75. The van der Waals surface area contributed by atoms with Crippen LogP contribution in [0.1, 0.15) is 22.4 Å². The zero-order valence-corrected chi connectivity index (χ0v) is 12.5. The molecule has 0 bridgehead atoms. The number of nitrogens with one attached hydrogen (secondary N) is 1. The summed E-state index contributed by atoms with van der Waals surface area (Å²) < 4.78 is 1.15. The largest absolute Gasteiger partial charge is 0.381 e. The van der Waals surface area contributed by atoms with Crippen LogP contribution in [-0.4, -0.2) is 4.98 Å². The Morgan fingerprint density at radius 1 is 1.26 bits per heavy atom. The first-order chi connectivity index (χ1) is 9.10. The molecule has 0 aliphatic heterocycles. The Balaban J connectivity index is 2.12. The molecule has 0 atom stereocenters. The van der Waals surface area contributed by atoms with Crippen LogP contribution in [-0.2, 0) is 6.54 Å². The van der Waals surface area contributed by atoms with Crippen molar-refractivity contribution in [2.24, 2.45) is 0 Å². The molecular formula is C15H14BrN3. The van der Waals surface area contributed by atoms with E-state index in [0.717, 1.165) is 15.7 Å². The SMILES string of the molecule is Cc1cc(NCc2ccnc(C#N)c2)cc(C)c1Br. The van der Waals surface area contributed by atoms with Crippen molar-refractivity contribution >= 4 is 21.6 Å². The van der Waals surface area contributed by atoms with E-state index in [1.807, 2.05) is 12.1 Å². The van der Waals surface area contributed by atoms with E-state index in [1.165, 1.54) is 11.1 Å². The van der Waals surface area contributed by atoms with Gasteiger partial charge in [0.1, 0.15) is 11.8 Å². The van der Waals surface area contributed by atoms with E-state index >= 15 is 0 Å². The number of benzene rings is 1. The van der Waals surface area contributed by atoms with E-state index in [0.29, 0.717) is 12.2 Å². The van der Waals surface area contributed by atoms with E-state index in [-0.39, 0.29) is 0 Å². The van der Waals surface area contributed by atoms with Gasteiger partial charge in [0.05, 0.1) is 0 Å². The van der Waals surface area contributed by atoms with Crippen LogP contribution in [0.3, 0.4) is 0 Å². The maximum Gasteiger partial charge on any atom is 0.140 e. The second-order valence-electron chi connectivity index (χ2n) is 4.44. The van der Waals surface area contributed by atoms with Gasteiger partial charge in [0.15, 0.2) is 0 Å². The van der Waals surface area contributed by atoms with Crippen LogP contribution >= 0.6 is 15.9 Å². The maximum atomic E-state index is 8.81. The summed E-state index contributed by atoms with van der Waals surface area (Å²) >= 11 is 3.56. The van der Waals surface area contributed by atoms with Crippen molar-refractivity contribution in [2.75, 3.05) is 5.32 Å². The predicted octanol–water partition coefficient (Wildman–Crippen LogP) is 3.94. The smallest absolute Gasteiger partial charge is 0.140 e. The highest BCUT2D eigenvalue weighted by Crippen LogP contribution is 2.25. The summed E-state index contributed by atoms with van der Waals surface area (Å²) in [6.45, 7) is 4.82. The fraction of sp³-hybridized carbons (Fsp3) is 0.200. The summed E-state index contributed by atoms with van der Waals surface area (Å²) in [5.74, 6) is 0. The normalized spacial score (nSPS) is 10.0. The first kappa shape index (κ1) is 13.6. The van der Waals surface area contributed by atoms with Crippen molar-refractivity contribution in [1.82, 2.24) is 4.98 Å². The summed E-state index contributed by atoms with van der Waals surface area (Å²) in [7, 11) is 0. The molecule has 3 nitrogen and oxygen atoms in total. The van der Waals surface area contributed by atoms with Gasteiger partial charge in [-0.25, -0.2) is 4.98 Å². The molecule has 1 N–H and O–H groups in total. The quantitative estimate of drug-likeness (QED) is 0.933. The molecule has 1 aromatic carbocycles. The molecule has 0 saturated heterocycles. The van der Waals surface area contributed by atoms with Gasteiger partial charge in [-0.2, -0.15) is 5.26 Å². The topological polar surface area (TPSA) is 48.7 Å². The number of pyridine rings is 1. The van der Waals surface area contributed by atoms with Gasteiger partial charge in [-0.05, 0) is 54.8 Å². The van der Waals surface area contributed by atoms with Gasteiger partial charge < -0.3 is 5.32 Å². The van der Waals surface area contributed by atoms with Crippen molar-refractivity contribution < 1.29 is 0 Å². The van der Waals surface area contributed by atoms with Gasteiger partial charge in [0.2, 0.25) is 0 Å². The van der Waals surface area contributed by atoms with Crippen LogP contribution in [0.15, 0.2) is 34.9 Å². The first-order valence-electron chi connectivity index (χ1n) is 5.96. The number of anilines is 1. The Labute approximate surface area is 121 Å².